The summed E-state index contributed by atoms with van der Waals surface area (Å²) in [5.41, 5.74) is 0.688. The average molecular weight is 299 g/mol. The molecule has 112 valence electrons. The zero-order chi connectivity index (χ0) is 14.9. The van der Waals surface area contributed by atoms with E-state index < -0.39 is 12.3 Å². The minimum Gasteiger partial charge on any atom is -0.365 e. The van der Waals surface area contributed by atoms with E-state index in [1.165, 1.54) is 9.58 Å². The van der Waals surface area contributed by atoms with E-state index in [1.54, 1.807) is 24.3 Å². The molecule has 0 saturated carbocycles. The summed E-state index contributed by atoms with van der Waals surface area (Å²) in [7, 11) is 0. The van der Waals surface area contributed by atoms with Gasteiger partial charge in [-0.1, -0.05) is 23.3 Å². The molecule has 2 heterocycles. The quantitative estimate of drug-likeness (QED) is 0.839. The first-order valence-corrected chi connectivity index (χ1v) is 6.33. The van der Waals surface area contributed by atoms with Gasteiger partial charge in [-0.05, 0) is 22.6 Å². The highest BCUT2D eigenvalue weighted by molar-refractivity contribution is 5.40. The molecule has 1 aliphatic heterocycles. The van der Waals surface area contributed by atoms with Crippen LogP contribution in [0.15, 0.2) is 30.3 Å². The van der Waals surface area contributed by atoms with Crippen molar-refractivity contribution < 1.29 is 17.9 Å². The minimum absolute atomic E-state index is 0.0220. The second-order valence-corrected chi connectivity index (χ2v) is 4.57. The van der Waals surface area contributed by atoms with E-state index >= 15 is 0 Å². The van der Waals surface area contributed by atoms with Crippen molar-refractivity contribution >= 4 is 5.95 Å². The predicted octanol–water partition coefficient (Wildman–Crippen LogP) is 1.43. The van der Waals surface area contributed by atoms with Crippen LogP contribution in [0.2, 0.25) is 0 Å². The molecule has 1 saturated heterocycles. The third-order valence-corrected chi connectivity index (χ3v) is 3.17. The van der Waals surface area contributed by atoms with Gasteiger partial charge in [-0.3, -0.25) is 0 Å². The number of hydrogen-bond donors (Lipinski definition) is 0. The Hall–Kier alpha value is -2.16. The monoisotopic (exact) mass is 299 g/mol. The highest BCUT2D eigenvalue weighted by Crippen LogP contribution is 2.27. The van der Waals surface area contributed by atoms with Gasteiger partial charge in [0.2, 0.25) is 0 Å². The number of para-hydroxylation sites is 1. The Morgan fingerprint density at radius 1 is 1.19 bits per heavy atom. The summed E-state index contributed by atoms with van der Waals surface area (Å²) in [5.74, 6) is 0.277. The number of benzene rings is 1. The molecule has 1 fully saturated rings. The van der Waals surface area contributed by atoms with Crippen LogP contribution in [0, 0.1) is 0 Å². The lowest BCUT2D eigenvalue weighted by Gasteiger charge is -2.33. The van der Waals surface area contributed by atoms with Crippen molar-refractivity contribution in [1.29, 1.82) is 0 Å². The van der Waals surface area contributed by atoms with Crippen LogP contribution in [0.5, 0.6) is 0 Å². The summed E-state index contributed by atoms with van der Waals surface area (Å²) in [6.07, 6.45) is -6.23. The van der Waals surface area contributed by atoms with Crippen molar-refractivity contribution in [3.05, 3.63) is 30.3 Å². The van der Waals surface area contributed by atoms with Crippen molar-refractivity contribution in [3.8, 4) is 5.69 Å². The Bertz CT molecular complexity index is 600. The van der Waals surface area contributed by atoms with Crippen LogP contribution in [0.4, 0.5) is 19.1 Å². The van der Waals surface area contributed by atoms with Crippen LogP contribution >= 0.6 is 0 Å². The lowest BCUT2D eigenvalue weighted by molar-refractivity contribution is -0.221. The Balaban J connectivity index is 1.87. The van der Waals surface area contributed by atoms with Crippen molar-refractivity contribution in [2.75, 3.05) is 24.6 Å². The van der Waals surface area contributed by atoms with Gasteiger partial charge in [-0.2, -0.15) is 17.9 Å². The van der Waals surface area contributed by atoms with Gasteiger partial charge in [0.25, 0.3) is 5.95 Å². The van der Waals surface area contributed by atoms with Crippen LogP contribution in [0.1, 0.15) is 0 Å². The molecule has 0 N–H and O–H groups in total. The van der Waals surface area contributed by atoms with Gasteiger partial charge < -0.3 is 9.64 Å². The molecule has 6 nitrogen and oxygen atoms in total. The van der Waals surface area contributed by atoms with Gasteiger partial charge in [-0.25, -0.2) is 0 Å². The van der Waals surface area contributed by atoms with E-state index in [9.17, 15) is 13.2 Å². The molecule has 1 aromatic heterocycles. The summed E-state index contributed by atoms with van der Waals surface area (Å²) >= 11 is 0. The maximum atomic E-state index is 12.8. The standard InChI is InChI=1S/C12H12F3N5O/c13-12(14,15)10-8-19(6-7-21-10)11-16-17-18-20(11)9-4-2-1-3-5-9/h1-5,10H,6-8H2/t10-/m0/s1. The maximum Gasteiger partial charge on any atom is 0.416 e. The fraction of sp³-hybridized carbons (Fsp3) is 0.417. The number of nitrogens with zero attached hydrogens (tertiary/aromatic N) is 5. The third kappa shape index (κ3) is 2.82. The number of aromatic nitrogens is 4. The summed E-state index contributed by atoms with van der Waals surface area (Å²) in [4.78, 5) is 1.48. The summed E-state index contributed by atoms with van der Waals surface area (Å²) in [6, 6.07) is 9.00. The molecule has 21 heavy (non-hydrogen) atoms. The number of halogens is 3. The minimum atomic E-state index is -4.40. The molecule has 0 aliphatic carbocycles. The number of alkyl halides is 3. The lowest BCUT2D eigenvalue weighted by atomic mass is 10.2. The third-order valence-electron chi connectivity index (χ3n) is 3.17. The SMILES string of the molecule is FC(F)(F)[C@@H]1CN(c2nnnn2-c2ccccc2)CCO1. The van der Waals surface area contributed by atoms with Crippen molar-refractivity contribution in [2.45, 2.75) is 12.3 Å². The topological polar surface area (TPSA) is 56.1 Å². The first-order chi connectivity index (χ1) is 10.1. The van der Waals surface area contributed by atoms with Crippen molar-refractivity contribution in [2.24, 2.45) is 0 Å². The fourth-order valence-corrected chi connectivity index (χ4v) is 2.14. The highest BCUT2D eigenvalue weighted by Gasteiger charge is 2.44. The molecule has 2 aromatic rings. The molecule has 1 atom stereocenters. The van der Waals surface area contributed by atoms with Gasteiger partial charge >= 0.3 is 6.18 Å². The van der Waals surface area contributed by atoms with E-state index in [1.807, 2.05) is 6.07 Å². The number of anilines is 1. The van der Waals surface area contributed by atoms with Gasteiger partial charge in [0.15, 0.2) is 6.10 Å². The van der Waals surface area contributed by atoms with Crippen LogP contribution in [-0.4, -0.2) is 52.2 Å². The number of morpholine rings is 1. The number of ether oxygens (including phenoxy) is 1. The number of rotatable bonds is 2. The summed E-state index contributed by atoms with van der Waals surface area (Å²) < 4.78 is 44.5. The first-order valence-electron chi connectivity index (χ1n) is 6.33. The van der Waals surface area contributed by atoms with Crippen LogP contribution < -0.4 is 4.90 Å². The van der Waals surface area contributed by atoms with Crippen molar-refractivity contribution in [1.82, 2.24) is 20.2 Å². The average Bonchev–Trinajstić information content (AvgIpc) is 2.97. The van der Waals surface area contributed by atoms with E-state index in [-0.39, 0.29) is 19.1 Å². The van der Waals surface area contributed by atoms with E-state index in [2.05, 4.69) is 15.5 Å². The van der Waals surface area contributed by atoms with Crippen LogP contribution in [0.3, 0.4) is 0 Å². The fourth-order valence-electron chi connectivity index (χ4n) is 2.14. The molecule has 0 unspecified atom stereocenters. The van der Waals surface area contributed by atoms with Crippen molar-refractivity contribution in [3.63, 3.8) is 0 Å². The Morgan fingerprint density at radius 2 is 1.95 bits per heavy atom. The Labute approximate surface area is 118 Å². The number of tetrazole rings is 1. The van der Waals surface area contributed by atoms with E-state index in [4.69, 9.17) is 4.74 Å². The van der Waals surface area contributed by atoms with Crippen LogP contribution in [-0.2, 0) is 4.74 Å². The second kappa shape index (κ2) is 5.32. The molecular weight excluding hydrogens is 287 g/mol. The molecule has 0 bridgehead atoms. The molecule has 0 radical (unpaired) electrons. The molecule has 3 rings (SSSR count). The van der Waals surface area contributed by atoms with Gasteiger partial charge in [0, 0.05) is 6.54 Å². The maximum absolute atomic E-state index is 12.8. The smallest absolute Gasteiger partial charge is 0.365 e. The summed E-state index contributed by atoms with van der Waals surface area (Å²) in [5, 5.41) is 11.2. The molecule has 0 spiro atoms. The number of hydrogen-bond acceptors (Lipinski definition) is 5. The van der Waals surface area contributed by atoms with Gasteiger partial charge in [0.05, 0.1) is 18.8 Å². The van der Waals surface area contributed by atoms with Gasteiger partial charge in [-0.15, -0.1) is 0 Å². The van der Waals surface area contributed by atoms with E-state index in [0.29, 0.717) is 12.2 Å². The highest BCUT2D eigenvalue weighted by atomic mass is 19.4. The van der Waals surface area contributed by atoms with Crippen LogP contribution in [0.25, 0.3) is 5.69 Å². The second-order valence-electron chi connectivity index (χ2n) is 4.57. The zero-order valence-electron chi connectivity index (χ0n) is 10.9. The first kappa shape index (κ1) is 13.8. The molecule has 1 aliphatic rings. The predicted molar refractivity (Wildman–Crippen MR) is 67.2 cm³/mol. The molecule has 1 aromatic carbocycles. The summed E-state index contributed by atoms with van der Waals surface area (Å²) in [6.45, 7) is -0.0394. The molecule has 9 heteroatoms. The Kier molecular flexibility index (Phi) is 3.50. The van der Waals surface area contributed by atoms with E-state index in [0.717, 1.165) is 0 Å². The Morgan fingerprint density at radius 3 is 2.67 bits per heavy atom. The van der Waals surface area contributed by atoms with Gasteiger partial charge in [0.1, 0.15) is 0 Å². The lowest BCUT2D eigenvalue weighted by Crippen LogP contribution is -2.50. The normalized spacial score (nSPS) is 19.8. The molecular formula is C12H12F3N5O. The largest absolute Gasteiger partial charge is 0.416 e. The zero-order valence-corrected chi connectivity index (χ0v) is 10.9. The molecule has 0 amide bonds.